The minimum atomic E-state index is -2.96. The van der Waals surface area contributed by atoms with Crippen LogP contribution in [0.15, 0.2) is 24.3 Å². The molecule has 4 nitrogen and oxygen atoms in total. The number of sulfone groups is 1. The third kappa shape index (κ3) is 4.51. The maximum absolute atomic E-state index is 11.1. The van der Waals surface area contributed by atoms with E-state index in [4.69, 9.17) is 0 Å². The first-order valence-electron chi connectivity index (χ1n) is 6.59. The second-order valence-electron chi connectivity index (χ2n) is 4.98. The summed E-state index contributed by atoms with van der Waals surface area (Å²) in [6, 6.07) is 8.20. The van der Waals surface area contributed by atoms with Crippen molar-refractivity contribution in [1.82, 2.24) is 5.32 Å². The molecule has 0 amide bonds. The van der Waals surface area contributed by atoms with Crippen molar-refractivity contribution in [2.45, 2.75) is 19.4 Å². The van der Waals surface area contributed by atoms with Crippen LogP contribution in [0.5, 0.6) is 0 Å². The van der Waals surface area contributed by atoms with Crippen molar-refractivity contribution in [3.63, 3.8) is 0 Å². The Morgan fingerprint density at radius 2 is 1.89 bits per heavy atom. The predicted octanol–water partition coefficient (Wildman–Crippen LogP) is 1.58. The average Bonchev–Trinajstić information content (AvgIpc) is 2.39. The smallest absolute Gasteiger partial charge is 0.160 e. The van der Waals surface area contributed by atoms with Gasteiger partial charge >= 0.3 is 0 Å². The number of hydrogen-bond donors (Lipinski definition) is 1. The lowest BCUT2D eigenvalue weighted by atomic mass is 10.1. The lowest BCUT2D eigenvalue weighted by Crippen LogP contribution is -2.31. The summed E-state index contributed by atoms with van der Waals surface area (Å²) in [7, 11) is -2.96. The molecule has 105 valence electrons. The standard InChI is InChI=1S/C14H21N2O2S/c1-19(17,18)12-15-11-13-7-3-4-8-14(13)16-9-5-2-6-10-16/h2-4,7-8,15H,5-6,9-12H2,1H3. The number of rotatable bonds is 5. The lowest BCUT2D eigenvalue weighted by Gasteiger charge is -2.30. The highest BCUT2D eigenvalue weighted by atomic mass is 32.2. The Hall–Kier alpha value is -1.07. The minimum Gasteiger partial charge on any atom is -0.371 e. The van der Waals surface area contributed by atoms with Crippen LogP contribution in [0.2, 0.25) is 0 Å². The predicted molar refractivity (Wildman–Crippen MR) is 78.7 cm³/mol. The molecule has 1 aliphatic heterocycles. The number of anilines is 1. The molecule has 2 rings (SSSR count). The summed E-state index contributed by atoms with van der Waals surface area (Å²) < 4.78 is 22.3. The quantitative estimate of drug-likeness (QED) is 0.890. The monoisotopic (exact) mass is 281 g/mol. The summed E-state index contributed by atoms with van der Waals surface area (Å²) in [4.78, 5) is 2.37. The van der Waals surface area contributed by atoms with Gasteiger partial charge in [0.05, 0.1) is 5.88 Å². The van der Waals surface area contributed by atoms with Crippen molar-refractivity contribution in [2.75, 3.05) is 30.1 Å². The number of hydrogen-bond acceptors (Lipinski definition) is 4. The average molecular weight is 281 g/mol. The first-order chi connectivity index (χ1) is 9.06. The number of nitrogens with zero attached hydrogens (tertiary/aromatic N) is 1. The van der Waals surface area contributed by atoms with E-state index in [0.29, 0.717) is 6.54 Å². The molecular weight excluding hydrogens is 260 g/mol. The van der Waals surface area contributed by atoms with Gasteiger partial charge in [-0.1, -0.05) is 18.2 Å². The molecule has 1 aromatic rings. The Balaban J connectivity index is 2.03. The maximum atomic E-state index is 11.1. The van der Waals surface area contributed by atoms with Gasteiger partial charge in [-0.05, 0) is 30.9 Å². The Bertz CT molecular complexity index is 508. The van der Waals surface area contributed by atoms with Crippen LogP contribution in [0.1, 0.15) is 18.4 Å². The summed E-state index contributed by atoms with van der Waals surface area (Å²) in [5, 5.41) is 3.00. The summed E-state index contributed by atoms with van der Waals surface area (Å²) in [6.45, 7) is 2.68. The highest BCUT2D eigenvalue weighted by Gasteiger charge is 2.14. The molecule has 0 atom stereocenters. The first kappa shape index (κ1) is 14.3. The Labute approximate surface area is 115 Å². The van der Waals surface area contributed by atoms with Gasteiger partial charge in [0.25, 0.3) is 0 Å². The summed E-state index contributed by atoms with van der Waals surface area (Å²) >= 11 is 0. The van der Waals surface area contributed by atoms with Gasteiger partial charge in [-0.15, -0.1) is 0 Å². The Morgan fingerprint density at radius 3 is 2.58 bits per heavy atom. The van der Waals surface area contributed by atoms with Gasteiger partial charge in [0.1, 0.15) is 0 Å². The van der Waals surface area contributed by atoms with Gasteiger partial charge in [-0.2, -0.15) is 0 Å². The van der Waals surface area contributed by atoms with Gasteiger partial charge in [0, 0.05) is 31.6 Å². The van der Waals surface area contributed by atoms with Crippen molar-refractivity contribution in [3.8, 4) is 0 Å². The van der Waals surface area contributed by atoms with E-state index in [0.717, 1.165) is 31.5 Å². The lowest BCUT2D eigenvalue weighted by molar-refractivity contribution is 0.592. The fourth-order valence-corrected chi connectivity index (χ4v) is 2.80. The van der Waals surface area contributed by atoms with Gasteiger partial charge in [0.15, 0.2) is 9.84 Å². The third-order valence-electron chi connectivity index (χ3n) is 3.22. The van der Waals surface area contributed by atoms with Crippen LogP contribution in [0, 0.1) is 6.42 Å². The molecular formula is C14H21N2O2S. The van der Waals surface area contributed by atoms with Gasteiger partial charge in [-0.25, -0.2) is 8.42 Å². The van der Waals surface area contributed by atoms with Crippen molar-refractivity contribution in [1.29, 1.82) is 0 Å². The fourth-order valence-electron chi connectivity index (χ4n) is 2.33. The van der Waals surface area contributed by atoms with Crippen molar-refractivity contribution in [3.05, 3.63) is 36.2 Å². The fraction of sp³-hybridized carbons (Fsp3) is 0.500. The maximum Gasteiger partial charge on any atom is 0.160 e. The third-order valence-corrected chi connectivity index (χ3v) is 3.95. The summed E-state index contributed by atoms with van der Waals surface area (Å²) in [5.74, 6) is 0.0229. The molecule has 1 radical (unpaired) electrons. The van der Waals surface area contributed by atoms with Crippen LogP contribution in [-0.4, -0.2) is 33.6 Å². The number of nitrogens with one attached hydrogen (secondary N) is 1. The molecule has 0 unspecified atom stereocenters. The first-order valence-corrected chi connectivity index (χ1v) is 8.65. The number of piperidine rings is 1. The van der Waals surface area contributed by atoms with Gasteiger partial charge < -0.3 is 4.90 Å². The molecule has 1 aromatic carbocycles. The van der Waals surface area contributed by atoms with E-state index in [1.165, 1.54) is 11.9 Å². The molecule has 1 fully saturated rings. The molecule has 1 aliphatic rings. The van der Waals surface area contributed by atoms with Crippen LogP contribution in [0.4, 0.5) is 5.69 Å². The number of benzene rings is 1. The molecule has 0 bridgehead atoms. The van der Waals surface area contributed by atoms with Gasteiger partial charge in [0.2, 0.25) is 0 Å². The second kappa shape index (κ2) is 6.39. The molecule has 5 heteroatoms. The van der Waals surface area contributed by atoms with Crippen LogP contribution in [0.3, 0.4) is 0 Å². The molecule has 0 aliphatic carbocycles. The molecule has 1 N–H and O–H groups in total. The molecule has 1 saturated heterocycles. The van der Waals surface area contributed by atoms with E-state index in [1.807, 2.05) is 12.1 Å². The SMILES string of the molecule is CS(=O)(=O)CNCc1ccccc1N1CC[CH]CC1. The normalized spacial score (nSPS) is 16.6. The number of para-hydroxylation sites is 1. The second-order valence-corrected chi connectivity index (χ2v) is 7.12. The molecule has 0 spiro atoms. The highest BCUT2D eigenvalue weighted by Crippen LogP contribution is 2.23. The molecule has 0 aromatic heterocycles. The molecule has 1 heterocycles. The highest BCUT2D eigenvalue weighted by molar-refractivity contribution is 7.90. The van der Waals surface area contributed by atoms with Crippen LogP contribution >= 0.6 is 0 Å². The van der Waals surface area contributed by atoms with E-state index < -0.39 is 9.84 Å². The van der Waals surface area contributed by atoms with Crippen LogP contribution in [0.25, 0.3) is 0 Å². The van der Waals surface area contributed by atoms with Crippen molar-refractivity contribution >= 4 is 15.5 Å². The zero-order chi connectivity index (χ0) is 13.7. The minimum absolute atomic E-state index is 0.0229. The van der Waals surface area contributed by atoms with E-state index >= 15 is 0 Å². The van der Waals surface area contributed by atoms with Crippen LogP contribution in [-0.2, 0) is 16.4 Å². The van der Waals surface area contributed by atoms with Crippen LogP contribution < -0.4 is 10.2 Å². The van der Waals surface area contributed by atoms with E-state index in [9.17, 15) is 8.42 Å². The Morgan fingerprint density at radius 1 is 1.21 bits per heavy atom. The summed E-state index contributed by atoms with van der Waals surface area (Å²) in [5.41, 5.74) is 2.38. The van der Waals surface area contributed by atoms with Crippen molar-refractivity contribution in [2.24, 2.45) is 0 Å². The molecule has 19 heavy (non-hydrogen) atoms. The zero-order valence-electron chi connectivity index (χ0n) is 11.3. The van der Waals surface area contributed by atoms with E-state index in [1.54, 1.807) is 0 Å². The zero-order valence-corrected chi connectivity index (χ0v) is 12.1. The van der Waals surface area contributed by atoms with Gasteiger partial charge in [-0.3, -0.25) is 5.32 Å². The summed E-state index contributed by atoms with van der Waals surface area (Å²) in [6.07, 6.45) is 5.80. The largest absolute Gasteiger partial charge is 0.371 e. The Kier molecular flexibility index (Phi) is 4.82. The van der Waals surface area contributed by atoms with E-state index in [-0.39, 0.29) is 5.88 Å². The molecule has 0 saturated carbocycles. The topological polar surface area (TPSA) is 49.4 Å². The van der Waals surface area contributed by atoms with Crippen molar-refractivity contribution < 1.29 is 8.42 Å². The van der Waals surface area contributed by atoms with E-state index in [2.05, 4.69) is 28.8 Å².